The second kappa shape index (κ2) is 6.61. The molecule has 0 N–H and O–H groups in total. The Labute approximate surface area is 189 Å². The van der Waals surface area contributed by atoms with Gasteiger partial charge in [0.1, 0.15) is 5.52 Å². The number of carbonyl (C=O) groups is 3. The first kappa shape index (κ1) is 18.7. The summed E-state index contributed by atoms with van der Waals surface area (Å²) in [5.41, 5.74) is 1.30. The van der Waals surface area contributed by atoms with Gasteiger partial charge in [-0.15, -0.1) is 0 Å². The first-order chi connectivity index (χ1) is 16.1. The van der Waals surface area contributed by atoms with Crippen molar-refractivity contribution in [3.63, 3.8) is 0 Å². The molecule has 2 saturated carbocycles. The summed E-state index contributed by atoms with van der Waals surface area (Å²) in [6, 6.07) is 15.7. The van der Waals surface area contributed by atoms with E-state index in [9.17, 15) is 14.4 Å². The van der Waals surface area contributed by atoms with Crippen LogP contribution in [0.2, 0.25) is 0 Å². The number of hydrogen-bond acceptors (Lipinski definition) is 5. The molecular formula is C27H20N2O4. The third-order valence-electron chi connectivity index (χ3n) is 7.80. The Bertz CT molecular complexity index is 1350. The molecule has 6 atom stereocenters. The molecule has 2 amide bonds. The fraction of sp³-hybridized carbons (Fsp3) is 0.259. The summed E-state index contributed by atoms with van der Waals surface area (Å²) in [5.74, 6) is 0.414. The van der Waals surface area contributed by atoms with Crippen molar-refractivity contribution in [1.82, 2.24) is 4.98 Å². The highest BCUT2D eigenvalue weighted by Gasteiger charge is 2.67. The normalized spacial score (nSPS) is 31.0. The first-order valence-electron chi connectivity index (χ1n) is 11.3. The summed E-state index contributed by atoms with van der Waals surface area (Å²) in [7, 11) is 0. The van der Waals surface area contributed by atoms with Gasteiger partial charge in [0.15, 0.2) is 5.75 Å². The minimum Gasteiger partial charge on any atom is -0.421 e. The van der Waals surface area contributed by atoms with Crippen molar-refractivity contribution in [3.8, 4) is 5.75 Å². The van der Waals surface area contributed by atoms with Crippen molar-refractivity contribution in [1.29, 1.82) is 0 Å². The lowest BCUT2D eigenvalue weighted by atomic mass is 9.63. The largest absolute Gasteiger partial charge is 0.421 e. The number of imide groups is 1. The van der Waals surface area contributed by atoms with Crippen LogP contribution in [0.4, 0.5) is 5.69 Å². The minimum absolute atomic E-state index is 0.140. The van der Waals surface area contributed by atoms with E-state index < -0.39 is 5.97 Å². The van der Waals surface area contributed by atoms with Gasteiger partial charge in [0.25, 0.3) is 0 Å². The number of fused-ring (bicyclic) bond motifs is 1. The van der Waals surface area contributed by atoms with Crippen LogP contribution in [0.5, 0.6) is 5.75 Å². The highest BCUT2D eigenvalue weighted by Crippen LogP contribution is 2.65. The molecule has 3 fully saturated rings. The van der Waals surface area contributed by atoms with Gasteiger partial charge >= 0.3 is 5.97 Å². The molecule has 6 nitrogen and oxygen atoms in total. The first-order valence-corrected chi connectivity index (χ1v) is 11.3. The molecule has 2 aromatic carbocycles. The summed E-state index contributed by atoms with van der Waals surface area (Å²) >= 11 is 0. The van der Waals surface area contributed by atoms with Gasteiger partial charge in [0, 0.05) is 11.6 Å². The second-order valence-electron chi connectivity index (χ2n) is 9.44. The van der Waals surface area contributed by atoms with Gasteiger partial charge in [0.2, 0.25) is 11.8 Å². The zero-order chi connectivity index (χ0) is 22.3. The van der Waals surface area contributed by atoms with E-state index in [1.807, 2.05) is 18.2 Å². The molecule has 3 aromatic rings. The molecule has 2 heterocycles. The smallest absolute Gasteiger partial charge is 0.343 e. The average molecular weight is 436 g/mol. The molecule has 1 aliphatic heterocycles. The maximum Gasteiger partial charge on any atom is 0.343 e. The van der Waals surface area contributed by atoms with Crippen LogP contribution in [-0.4, -0.2) is 22.8 Å². The standard InChI is InChI=1S/C27H20N2O4/c30-25-22-17-9-10-18(20-13-19(17)20)23(22)26(31)29(25)16-7-1-5-15(12-16)27(32)33-21-8-2-4-14-6-3-11-28-24(14)21/h1-12,17-20,22-23H,13H2/t17-,18-,19-,20-,22-,23+/m0/s1. The predicted molar refractivity (Wildman–Crippen MR) is 120 cm³/mol. The summed E-state index contributed by atoms with van der Waals surface area (Å²) < 4.78 is 5.64. The summed E-state index contributed by atoms with van der Waals surface area (Å²) in [6.45, 7) is 0. The molecule has 6 heteroatoms. The molecule has 8 rings (SSSR count). The van der Waals surface area contributed by atoms with Crippen molar-refractivity contribution in [3.05, 3.63) is 78.5 Å². The minimum atomic E-state index is -0.561. The van der Waals surface area contributed by atoms with Crippen LogP contribution >= 0.6 is 0 Å². The van der Waals surface area contributed by atoms with E-state index in [1.165, 1.54) is 4.90 Å². The van der Waals surface area contributed by atoms with Gasteiger partial charge < -0.3 is 4.74 Å². The van der Waals surface area contributed by atoms with E-state index in [1.54, 1.807) is 42.6 Å². The molecule has 0 spiro atoms. The van der Waals surface area contributed by atoms with Crippen LogP contribution < -0.4 is 9.64 Å². The molecular weight excluding hydrogens is 416 g/mol. The number of hydrogen-bond donors (Lipinski definition) is 0. The number of carbonyl (C=O) groups excluding carboxylic acids is 3. The Morgan fingerprint density at radius 1 is 0.909 bits per heavy atom. The number of pyridine rings is 1. The van der Waals surface area contributed by atoms with E-state index in [2.05, 4.69) is 17.1 Å². The number of esters is 1. The molecule has 33 heavy (non-hydrogen) atoms. The lowest BCUT2D eigenvalue weighted by Crippen LogP contribution is -2.40. The van der Waals surface area contributed by atoms with E-state index in [0.717, 1.165) is 11.8 Å². The number of aromatic nitrogens is 1. The lowest BCUT2D eigenvalue weighted by Gasteiger charge is -2.37. The van der Waals surface area contributed by atoms with E-state index in [4.69, 9.17) is 4.74 Å². The van der Waals surface area contributed by atoms with Gasteiger partial charge in [-0.25, -0.2) is 9.69 Å². The van der Waals surface area contributed by atoms with E-state index >= 15 is 0 Å². The zero-order valence-corrected chi connectivity index (χ0v) is 17.6. The Balaban J connectivity index is 1.19. The molecule has 1 aromatic heterocycles. The van der Waals surface area contributed by atoms with Crippen LogP contribution in [0.15, 0.2) is 72.9 Å². The monoisotopic (exact) mass is 436 g/mol. The Morgan fingerprint density at radius 2 is 1.61 bits per heavy atom. The van der Waals surface area contributed by atoms with Crippen molar-refractivity contribution in [2.75, 3.05) is 4.90 Å². The Hall–Kier alpha value is -3.80. The van der Waals surface area contributed by atoms with Gasteiger partial charge in [0.05, 0.1) is 23.1 Å². The van der Waals surface area contributed by atoms with Crippen molar-refractivity contribution < 1.29 is 19.1 Å². The summed E-state index contributed by atoms with van der Waals surface area (Å²) in [5, 5.41) is 0.869. The molecule has 2 bridgehead atoms. The van der Waals surface area contributed by atoms with Gasteiger partial charge in [-0.3, -0.25) is 14.6 Å². The van der Waals surface area contributed by atoms with E-state index in [0.29, 0.717) is 28.8 Å². The van der Waals surface area contributed by atoms with Crippen LogP contribution in [-0.2, 0) is 9.59 Å². The van der Waals surface area contributed by atoms with Crippen LogP contribution in [0.25, 0.3) is 10.9 Å². The third kappa shape index (κ3) is 2.61. The average Bonchev–Trinajstić information content (AvgIpc) is 3.62. The number of benzene rings is 2. The van der Waals surface area contributed by atoms with Crippen molar-refractivity contribution in [2.24, 2.45) is 35.5 Å². The Morgan fingerprint density at radius 3 is 2.36 bits per heavy atom. The van der Waals surface area contributed by atoms with Crippen molar-refractivity contribution in [2.45, 2.75) is 6.42 Å². The molecule has 1 saturated heterocycles. The van der Waals surface area contributed by atoms with Crippen LogP contribution in [0, 0.1) is 35.5 Å². The zero-order valence-electron chi connectivity index (χ0n) is 17.6. The fourth-order valence-electron chi connectivity index (χ4n) is 6.30. The number of nitrogens with zero attached hydrogens (tertiary/aromatic N) is 2. The predicted octanol–water partition coefficient (Wildman–Crippen LogP) is 4.01. The number of anilines is 1. The number of para-hydroxylation sites is 1. The number of amides is 2. The number of ether oxygens (including phenoxy) is 1. The van der Waals surface area contributed by atoms with Crippen molar-refractivity contribution >= 4 is 34.4 Å². The molecule has 4 aliphatic carbocycles. The number of rotatable bonds is 3. The van der Waals surface area contributed by atoms with E-state index in [-0.39, 0.29) is 41.0 Å². The van der Waals surface area contributed by atoms with Gasteiger partial charge in [-0.1, -0.05) is 36.4 Å². The van der Waals surface area contributed by atoms with Crippen LogP contribution in [0.1, 0.15) is 16.8 Å². The quantitative estimate of drug-likeness (QED) is 0.268. The maximum absolute atomic E-state index is 13.4. The van der Waals surface area contributed by atoms with Gasteiger partial charge in [-0.05, 0) is 60.4 Å². The highest BCUT2D eigenvalue weighted by molar-refractivity contribution is 6.23. The molecule has 0 unspecified atom stereocenters. The molecule has 0 radical (unpaired) electrons. The fourth-order valence-corrected chi connectivity index (χ4v) is 6.30. The van der Waals surface area contributed by atoms with Crippen LogP contribution in [0.3, 0.4) is 0 Å². The second-order valence-corrected chi connectivity index (χ2v) is 9.44. The SMILES string of the molecule is O=C(Oc1cccc2cccnc12)c1cccc(N2C(=O)[C@@H]3[C@H]4C=C[C@@H]([C@@H]5C[C@@H]45)[C@@H]3C2=O)c1. The number of allylic oxidation sites excluding steroid dienone is 2. The van der Waals surface area contributed by atoms with Gasteiger partial charge in [-0.2, -0.15) is 0 Å². The topological polar surface area (TPSA) is 76.6 Å². The summed E-state index contributed by atoms with van der Waals surface area (Å²) in [6.07, 6.45) is 7.08. The lowest BCUT2D eigenvalue weighted by molar-refractivity contribution is -0.124. The molecule has 5 aliphatic rings. The maximum atomic E-state index is 13.4. The Kier molecular flexibility index (Phi) is 3.75. The summed E-state index contributed by atoms with van der Waals surface area (Å²) in [4.78, 5) is 45.3. The highest BCUT2D eigenvalue weighted by atomic mass is 16.5. The molecule has 162 valence electrons. The third-order valence-corrected chi connectivity index (χ3v) is 7.80.